The van der Waals surface area contributed by atoms with Gasteiger partial charge < -0.3 is 4.89 Å². The Balaban J connectivity index is 4.21. The predicted octanol–water partition coefficient (Wildman–Crippen LogP) is 2.32. The summed E-state index contributed by atoms with van der Waals surface area (Å²) in [4.78, 5) is 8.90. The Hall–Kier alpha value is -0.330. The highest BCUT2D eigenvalue weighted by molar-refractivity contribution is 7.64. The van der Waals surface area contributed by atoms with Gasteiger partial charge in [-0.2, -0.15) is 0 Å². The van der Waals surface area contributed by atoms with Crippen LogP contribution in [0.3, 0.4) is 0 Å². The SMILES string of the molecule is C/C=C\P(=O)(O)/C=C\C. The third-order valence-corrected chi connectivity index (χ3v) is 2.18. The maximum Gasteiger partial charge on any atom is 0.244 e. The second-order valence-electron chi connectivity index (χ2n) is 1.64. The van der Waals surface area contributed by atoms with Gasteiger partial charge in [-0.1, -0.05) is 12.2 Å². The highest BCUT2D eigenvalue weighted by atomic mass is 31.2. The molecule has 0 heterocycles. The molecule has 0 aromatic rings. The van der Waals surface area contributed by atoms with Gasteiger partial charge in [-0.05, 0) is 25.5 Å². The molecule has 0 unspecified atom stereocenters. The molecular weight excluding hydrogens is 135 g/mol. The molecule has 0 aliphatic carbocycles. The molecule has 0 aromatic carbocycles. The van der Waals surface area contributed by atoms with Crippen LogP contribution in [0.2, 0.25) is 0 Å². The number of allylic oxidation sites excluding steroid dienone is 2. The molecule has 3 heteroatoms. The first-order chi connectivity index (χ1) is 4.12. The summed E-state index contributed by atoms with van der Waals surface area (Å²) in [5.74, 6) is 2.60. The zero-order chi connectivity index (χ0) is 7.33. The van der Waals surface area contributed by atoms with Crippen molar-refractivity contribution in [3.8, 4) is 0 Å². The van der Waals surface area contributed by atoms with E-state index in [2.05, 4.69) is 0 Å². The van der Waals surface area contributed by atoms with Crippen LogP contribution in [0.1, 0.15) is 13.8 Å². The van der Waals surface area contributed by atoms with Crippen molar-refractivity contribution < 1.29 is 9.46 Å². The normalized spacial score (nSPS) is 13.7. The number of hydrogen-bond acceptors (Lipinski definition) is 1. The van der Waals surface area contributed by atoms with Crippen LogP contribution in [0.25, 0.3) is 0 Å². The van der Waals surface area contributed by atoms with E-state index in [-0.39, 0.29) is 0 Å². The fourth-order valence-corrected chi connectivity index (χ4v) is 1.43. The Morgan fingerprint density at radius 1 is 1.22 bits per heavy atom. The highest BCUT2D eigenvalue weighted by Crippen LogP contribution is 2.43. The van der Waals surface area contributed by atoms with E-state index in [0.717, 1.165) is 0 Å². The first-order valence-electron chi connectivity index (χ1n) is 2.72. The van der Waals surface area contributed by atoms with Gasteiger partial charge in [0.15, 0.2) is 0 Å². The molecule has 0 rings (SSSR count). The summed E-state index contributed by atoms with van der Waals surface area (Å²) in [6, 6.07) is 0. The topological polar surface area (TPSA) is 37.3 Å². The van der Waals surface area contributed by atoms with Crippen LogP contribution in [0.5, 0.6) is 0 Å². The molecule has 0 spiro atoms. The Labute approximate surface area is 55.4 Å². The predicted molar refractivity (Wildman–Crippen MR) is 39.5 cm³/mol. The second kappa shape index (κ2) is 3.65. The van der Waals surface area contributed by atoms with E-state index in [9.17, 15) is 4.57 Å². The minimum absolute atomic E-state index is 1.30. The summed E-state index contributed by atoms with van der Waals surface area (Å²) in [5, 5.41) is 0. The second-order valence-corrected chi connectivity index (χ2v) is 3.58. The van der Waals surface area contributed by atoms with Crippen molar-refractivity contribution in [1.29, 1.82) is 0 Å². The van der Waals surface area contributed by atoms with E-state index < -0.39 is 7.37 Å². The van der Waals surface area contributed by atoms with Gasteiger partial charge in [0.1, 0.15) is 0 Å². The van der Waals surface area contributed by atoms with Crippen molar-refractivity contribution in [2.45, 2.75) is 13.8 Å². The molecule has 2 nitrogen and oxygen atoms in total. The lowest BCUT2D eigenvalue weighted by Crippen LogP contribution is -1.64. The fraction of sp³-hybridized carbons (Fsp3) is 0.333. The summed E-state index contributed by atoms with van der Waals surface area (Å²) >= 11 is 0. The Morgan fingerprint density at radius 2 is 1.56 bits per heavy atom. The van der Waals surface area contributed by atoms with Crippen LogP contribution in [0.15, 0.2) is 23.8 Å². The van der Waals surface area contributed by atoms with Gasteiger partial charge >= 0.3 is 0 Å². The maximum absolute atomic E-state index is 10.8. The fourth-order valence-electron chi connectivity index (χ4n) is 0.477. The van der Waals surface area contributed by atoms with E-state index in [1.165, 1.54) is 11.6 Å². The van der Waals surface area contributed by atoms with Gasteiger partial charge in [-0.25, -0.2) is 0 Å². The summed E-state index contributed by atoms with van der Waals surface area (Å²) < 4.78 is 10.8. The zero-order valence-corrected chi connectivity index (χ0v) is 6.51. The Bertz CT molecular complexity index is 154. The molecule has 52 valence electrons. The summed E-state index contributed by atoms with van der Waals surface area (Å²) in [6.45, 7) is 3.43. The lowest BCUT2D eigenvalue weighted by atomic mass is 10.8. The van der Waals surface area contributed by atoms with E-state index >= 15 is 0 Å². The van der Waals surface area contributed by atoms with Crippen molar-refractivity contribution in [2.75, 3.05) is 0 Å². The van der Waals surface area contributed by atoms with Gasteiger partial charge in [-0.15, -0.1) is 0 Å². The summed E-state index contributed by atoms with van der Waals surface area (Å²) in [5.41, 5.74) is 0. The van der Waals surface area contributed by atoms with Crippen LogP contribution in [0.4, 0.5) is 0 Å². The molecule has 1 N–H and O–H groups in total. The van der Waals surface area contributed by atoms with Crippen LogP contribution in [-0.2, 0) is 4.57 Å². The maximum atomic E-state index is 10.8. The summed E-state index contributed by atoms with van der Waals surface area (Å²) in [6.07, 6.45) is 3.14. The van der Waals surface area contributed by atoms with Crippen LogP contribution in [0, 0.1) is 0 Å². The van der Waals surface area contributed by atoms with E-state index in [1.54, 1.807) is 26.0 Å². The highest BCUT2D eigenvalue weighted by Gasteiger charge is 2.04. The van der Waals surface area contributed by atoms with Gasteiger partial charge in [0.25, 0.3) is 0 Å². The van der Waals surface area contributed by atoms with Crippen molar-refractivity contribution in [1.82, 2.24) is 0 Å². The Kier molecular flexibility index (Phi) is 3.52. The number of rotatable bonds is 2. The lowest BCUT2D eigenvalue weighted by Gasteiger charge is -1.95. The van der Waals surface area contributed by atoms with Crippen molar-refractivity contribution >= 4 is 7.37 Å². The first-order valence-corrected chi connectivity index (χ1v) is 4.52. The smallest absolute Gasteiger partial charge is 0.244 e. The van der Waals surface area contributed by atoms with Gasteiger partial charge in [-0.3, -0.25) is 4.57 Å². The van der Waals surface area contributed by atoms with Crippen LogP contribution >= 0.6 is 7.37 Å². The monoisotopic (exact) mass is 146 g/mol. The quantitative estimate of drug-likeness (QED) is 0.607. The molecule has 0 aliphatic heterocycles. The molecule has 0 bridgehead atoms. The van der Waals surface area contributed by atoms with E-state index in [0.29, 0.717) is 0 Å². The average Bonchev–Trinajstić information content (AvgIpc) is 1.64. The van der Waals surface area contributed by atoms with E-state index in [1.807, 2.05) is 0 Å². The molecule has 9 heavy (non-hydrogen) atoms. The van der Waals surface area contributed by atoms with E-state index in [4.69, 9.17) is 4.89 Å². The minimum atomic E-state index is -3.05. The third kappa shape index (κ3) is 4.19. The molecule has 0 amide bonds. The Morgan fingerprint density at radius 3 is 1.78 bits per heavy atom. The standard InChI is InChI=1S/C6H11O2P/c1-3-5-9(7,8)6-4-2/h3-6H,1-2H3,(H,7,8)/b5-3-,6-4-. The van der Waals surface area contributed by atoms with Gasteiger partial charge in [0.05, 0.1) is 0 Å². The van der Waals surface area contributed by atoms with Crippen molar-refractivity contribution in [3.63, 3.8) is 0 Å². The summed E-state index contributed by atoms with van der Waals surface area (Å²) in [7, 11) is -3.05. The molecule has 0 aliphatic rings. The van der Waals surface area contributed by atoms with Gasteiger partial charge in [0.2, 0.25) is 7.37 Å². The van der Waals surface area contributed by atoms with Crippen molar-refractivity contribution in [2.24, 2.45) is 0 Å². The van der Waals surface area contributed by atoms with Crippen molar-refractivity contribution in [3.05, 3.63) is 23.8 Å². The molecule has 0 saturated heterocycles. The average molecular weight is 146 g/mol. The minimum Gasteiger partial charge on any atom is -0.339 e. The molecule has 0 saturated carbocycles. The zero-order valence-electron chi connectivity index (χ0n) is 5.61. The molecule has 0 aromatic heterocycles. The van der Waals surface area contributed by atoms with Crippen LogP contribution < -0.4 is 0 Å². The molecule has 0 radical (unpaired) electrons. The molecular formula is C6H11O2P. The van der Waals surface area contributed by atoms with Crippen LogP contribution in [-0.4, -0.2) is 4.89 Å². The van der Waals surface area contributed by atoms with Gasteiger partial charge in [0, 0.05) is 0 Å². The molecule has 0 fully saturated rings. The number of hydrogen-bond donors (Lipinski definition) is 1. The molecule has 0 atom stereocenters. The third-order valence-electron chi connectivity index (χ3n) is 0.725. The lowest BCUT2D eigenvalue weighted by molar-refractivity contribution is 0.499. The first kappa shape index (κ1) is 8.67. The largest absolute Gasteiger partial charge is 0.339 e.